The second-order valence-corrected chi connectivity index (χ2v) is 5.56. The zero-order chi connectivity index (χ0) is 12.6. The van der Waals surface area contributed by atoms with Gasteiger partial charge in [-0.25, -0.2) is 0 Å². The molecule has 1 atom stereocenters. The highest BCUT2D eigenvalue weighted by Crippen LogP contribution is 2.22. The van der Waals surface area contributed by atoms with Crippen LogP contribution in [-0.4, -0.2) is 52.4 Å². The minimum Gasteiger partial charge on any atom is -0.377 e. The molecule has 1 aliphatic heterocycles. The summed E-state index contributed by atoms with van der Waals surface area (Å²) < 4.78 is 22.1. The molecule has 1 fully saturated rings. The van der Waals surface area contributed by atoms with Gasteiger partial charge in [-0.3, -0.25) is 0 Å². The van der Waals surface area contributed by atoms with E-state index in [1.54, 1.807) is 0 Å². The number of hydrogen-bond acceptors (Lipinski definition) is 4. The van der Waals surface area contributed by atoms with Crippen LogP contribution in [0.2, 0.25) is 0 Å². The van der Waals surface area contributed by atoms with Crippen LogP contribution in [0.15, 0.2) is 0 Å². The number of hydrogen-bond donors (Lipinski definition) is 0. The Balaban J connectivity index is 2.32. The lowest BCUT2D eigenvalue weighted by Gasteiger charge is -2.26. The quantitative estimate of drug-likeness (QED) is 0.708. The van der Waals surface area contributed by atoms with E-state index in [9.17, 15) is 0 Å². The Kier molecular flexibility index (Phi) is 7.04. The van der Waals surface area contributed by atoms with E-state index < -0.39 is 0 Å². The van der Waals surface area contributed by atoms with Crippen molar-refractivity contribution in [3.8, 4) is 0 Å². The third-order valence-corrected chi connectivity index (χ3v) is 2.47. The molecule has 1 rings (SSSR count). The molecular weight excluding hydrogens is 220 g/mol. The van der Waals surface area contributed by atoms with E-state index in [-0.39, 0.29) is 11.5 Å². The molecule has 4 nitrogen and oxygen atoms in total. The molecule has 0 spiro atoms. The maximum Gasteiger partial charge on any atom is 0.0814 e. The molecule has 0 aromatic carbocycles. The van der Waals surface area contributed by atoms with Crippen molar-refractivity contribution in [1.29, 1.82) is 0 Å². The Morgan fingerprint density at radius 2 is 1.35 bits per heavy atom. The van der Waals surface area contributed by atoms with Gasteiger partial charge in [0.1, 0.15) is 0 Å². The number of rotatable bonds is 1. The second-order valence-electron chi connectivity index (χ2n) is 5.56. The van der Waals surface area contributed by atoms with Crippen LogP contribution in [0.4, 0.5) is 0 Å². The van der Waals surface area contributed by atoms with Crippen LogP contribution in [0.5, 0.6) is 0 Å². The summed E-state index contributed by atoms with van der Waals surface area (Å²) in [5.74, 6) is 0. The van der Waals surface area contributed by atoms with Crippen molar-refractivity contribution in [3.63, 3.8) is 0 Å². The highest BCUT2D eigenvalue weighted by atomic mass is 16.6. The van der Waals surface area contributed by atoms with Gasteiger partial charge < -0.3 is 18.9 Å². The van der Waals surface area contributed by atoms with E-state index in [1.165, 1.54) is 0 Å². The fourth-order valence-corrected chi connectivity index (χ4v) is 1.78. The van der Waals surface area contributed by atoms with E-state index in [0.717, 1.165) is 6.42 Å². The lowest BCUT2D eigenvalue weighted by molar-refractivity contribution is -0.0762. The molecule has 0 amide bonds. The molecule has 0 radical (unpaired) electrons. The minimum absolute atomic E-state index is 0.151. The van der Waals surface area contributed by atoms with Crippen molar-refractivity contribution < 1.29 is 18.9 Å². The van der Waals surface area contributed by atoms with Crippen LogP contribution in [0.3, 0.4) is 0 Å². The van der Waals surface area contributed by atoms with Gasteiger partial charge in [-0.1, -0.05) is 20.8 Å². The van der Waals surface area contributed by atoms with Crippen molar-refractivity contribution >= 4 is 0 Å². The highest BCUT2D eigenvalue weighted by Gasteiger charge is 2.19. The summed E-state index contributed by atoms with van der Waals surface area (Å²) in [6, 6.07) is 0. The zero-order valence-electron chi connectivity index (χ0n) is 11.4. The molecule has 0 aliphatic carbocycles. The van der Waals surface area contributed by atoms with E-state index in [1.807, 2.05) is 0 Å². The van der Waals surface area contributed by atoms with E-state index in [0.29, 0.717) is 46.2 Å². The maximum absolute atomic E-state index is 5.80. The van der Waals surface area contributed by atoms with Gasteiger partial charge in [0.05, 0.1) is 52.4 Å². The highest BCUT2D eigenvalue weighted by molar-refractivity contribution is 4.69. The monoisotopic (exact) mass is 246 g/mol. The van der Waals surface area contributed by atoms with Gasteiger partial charge in [-0.15, -0.1) is 0 Å². The standard InChI is InChI=1S/C13H26O4/c1-13(2,3)10-12-11-16-7-6-14-4-5-15-8-9-17-12/h12H,4-11H2,1-3H3. The zero-order valence-corrected chi connectivity index (χ0v) is 11.4. The first-order valence-electron chi connectivity index (χ1n) is 6.43. The molecule has 4 heteroatoms. The van der Waals surface area contributed by atoms with Gasteiger partial charge in [0.15, 0.2) is 0 Å². The average Bonchev–Trinajstić information content (AvgIpc) is 2.20. The summed E-state index contributed by atoms with van der Waals surface area (Å²) in [5, 5.41) is 0. The molecule has 0 aromatic rings. The topological polar surface area (TPSA) is 36.9 Å². The molecule has 0 aromatic heterocycles. The second kappa shape index (κ2) is 8.03. The normalized spacial score (nSPS) is 25.9. The van der Waals surface area contributed by atoms with Crippen molar-refractivity contribution in [2.24, 2.45) is 5.41 Å². The molecule has 1 heterocycles. The van der Waals surface area contributed by atoms with Crippen molar-refractivity contribution in [2.75, 3.05) is 46.2 Å². The summed E-state index contributed by atoms with van der Waals surface area (Å²) in [5.41, 5.74) is 0.252. The summed E-state index contributed by atoms with van der Waals surface area (Å²) in [6.07, 6.45) is 1.14. The lowest BCUT2D eigenvalue weighted by Crippen LogP contribution is -2.28. The largest absolute Gasteiger partial charge is 0.377 e. The van der Waals surface area contributed by atoms with Crippen LogP contribution in [0.25, 0.3) is 0 Å². The molecule has 17 heavy (non-hydrogen) atoms. The van der Waals surface area contributed by atoms with Crippen molar-refractivity contribution in [3.05, 3.63) is 0 Å². The van der Waals surface area contributed by atoms with Crippen molar-refractivity contribution in [2.45, 2.75) is 33.3 Å². The molecule has 1 unspecified atom stereocenters. The Hall–Kier alpha value is -0.160. The Morgan fingerprint density at radius 3 is 1.94 bits per heavy atom. The lowest BCUT2D eigenvalue weighted by atomic mass is 9.89. The first kappa shape index (κ1) is 14.9. The average molecular weight is 246 g/mol. The fraction of sp³-hybridized carbons (Fsp3) is 1.00. The first-order chi connectivity index (χ1) is 8.08. The van der Waals surface area contributed by atoms with Gasteiger partial charge in [-0.05, 0) is 11.8 Å². The summed E-state index contributed by atoms with van der Waals surface area (Å²) in [4.78, 5) is 0. The molecular formula is C13H26O4. The third kappa shape index (κ3) is 8.55. The van der Waals surface area contributed by atoms with Crippen LogP contribution >= 0.6 is 0 Å². The van der Waals surface area contributed by atoms with Gasteiger partial charge in [0, 0.05) is 0 Å². The molecule has 0 N–H and O–H groups in total. The summed E-state index contributed by atoms with van der Waals surface area (Å²) in [7, 11) is 0. The third-order valence-electron chi connectivity index (χ3n) is 2.47. The molecule has 102 valence electrons. The van der Waals surface area contributed by atoms with Crippen LogP contribution in [0, 0.1) is 5.41 Å². The van der Waals surface area contributed by atoms with Crippen LogP contribution in [-0.2, 0) is 18.9 Å². The van der Waals surface area contributed by atoms with Crippen LogP contribution in [0.1, 0.15) is 27.2 Å². The van der Waals surface area contributed by atoms with E-state index >= 15 is 0 Å². The van der Waals surface area contributed by atoms with E-state index in [4.69, 9.17) is 18.9 Å². The van der Waals surface area contributed by atoms with Crippen LogP contribution < -0.4 is 0 Å². The fourth-order valence-electron chi connectivity index (χ4n) is 1.78. The van der Waals surface area contributed by atoms with Gasteiger partial charge >= 0.3 is 0 Å². The SMILES string of the molecule is CC(C)(C)CC1COCCOCCOCCO1. The van der Waals surface area contributed by atoms with E-state index in [2.05, 4.69) is 20.8 Å². The number of ether oxygens (including phenoxy) is 4. The van der Waals surface area contributed by atoms with Gasteiger partial charge in [-0.2, -0.15) is 0 Å². The van der Waals surface area contributed by atoms with Gasteiger partial charge in [0.25, 0.3) is 0 Å². The molecule has 1 aliphatic rings. The minimum atomic E-state index is 0.151. The van der Waals surface area contributed by atoms with Crippen molar-refractivity contribution in [1.82, 2.24) is 0 Å². The Morgan fingerprint density at radius 1 is 0.824 bits per heavy atom. The maximum atomic E-state index is 5.80. The predicted octanol–water partition coefficient (Wildman–Crippen LogP) is 1.87. The smallest absolute Gasteiger partial charge is 0.0814 e. The Labute approximate surface area is 105 Å². The molecule has 0 saturated carbocycles. The summed E-state index contributed by atoms with van der Waals surface area (Å²) in [6.45, 7) is 11.1. The summed E-state index contributed by atoms with van der Waals surface area (Å²) >= 11 is 0. The van der Waals surface area contributed by atoms with Gasteiger partial charge in [0.2, 0.25) is 0 Å². The Bertz CT molecular complexity index is 176. The first-order valence-corrected chi connectivity index (χ1v) is 6.43. The molecule has 1 saturated heterocycles. The molecule has 0 bridgehead atoms. The predicted molar refractivity (Wildman–Crippen MR) is 66.3 cm³/mol.